The van der Waals surface area contributed by atoms with Crippen LogP contribution in [0.2, 0.25) is 0 Å². The second-order valence-electron chi connectivity index (χ2n) is 7.21. The van der Waals surface area contributed by atoms with Gasteiger partial charge in [0.05, 0.1) is 11.9 Å². The van der Waals surface area contributed by atoms with Gasteiger partial charge in [-0.05, 0) is 55.7 Å². The van der Waals surface area contributed by atoms with E-state index >= 15 is 0 Å². The number of aromatic nitrogens is 1. The molecule has 6 heteroatoms. The Morgan fingerprint density at radius 2 is 1.37 bits per heavy atom. The number of nitrogens with zero attached hydrogens (tertiary/aromatic N) is 4. The topological polar surface area (TPSA) is 39.7 Å². The van der Waals surface area contributed by atoms with Crippen molar-refractivity contribution in [1.82, 2.24) is 9.88 Å². The third-order valence-corrected chi connectivity index (χ3v) is 5.45. The molecule has 5 nitrogen and oxygen atoms in total. The number of piperidine rings is 1. The summed E-state index contributed by atoms with van der Waals surface area (Å²) in [6, 6.07) is 10.5. The molecule has 1 aromatic heterocycles. The van der Waals surface area contributed by atoms with E-state index in [4.69, 9.17) is 0 Å². The van der Waals surface area contributed by atoms with Gasteiger partial charge in [-0.25, -0.2) is 9.37 Å². The molecule has 2 aromatic rings. The Hall–Kier alpha value is -2.63. The first kappa shape index (κ1) is 17.8. The van der Waals surface area contributed by atoms with Crippen LogP contribution in [0.1, 0.15) is 29.8 Å². The number of hydrogen-bond donors (Lipinski definition) is 0. The minimum Gasteiger partial charge on any atom is -0.368 e. The summed E-state index contributed by atoms with van der Waals surface area (Å²) in [5.74, 6) is -0.162. The first-order valence-corrected chi connectivity index (χ1v) is 9.71. The average Bonchev–Trinajstić information content (AvgIpc) is 2.75. The Labute approximate surface area is 159 Å². The van der Waals surface area contributed by atoms with E-state index in [9.17, 15) is 9.18 Å². The lowest BCUT2D eigenvalue weighted by Gasteiger charge is -2.37. The van der Waals surface area contributed by atoms with E-state index in [0.717, 1.165) is 63.5 Å². The van der Waals surface area contributed by atoms with E-state index in [1.165, 1.54) is 18.6 Å². The molecule has 0 spiro atoms. The maximum atomic E-state index is 13.1. The molecule has 0 aliphatic carbocycles. The van der Waals surface area contributed by atoms with E-state index < -0.39 is 0 Å². The second kappa shape index (κ2) is 7.94. The minimum absolute atomic E-state index is 0.0439. The van der Waals surface area contributed by atoms with Gasteiger partial charge < -0.3 is 14.7 Å². The summed E-state index contributed by atoms with van der Waals surface area (Å²) in [5, 5.41) is 0. The van der Waals surface area contributed by atoms with Crippen LogP contribution in [-0.4, -0.2) is 55.1 Å². The maximum absolute atomic E-state index is 13.1. The molecular weight excluding hydrogens is 343 g/mol. The van der Waals surface area contributed by atoms with E-state index in [1.54, 1.807) is 0 Å². The van der Waals surface area contributed by atoms with E-state index in [1.807, 2.05) is 35.4 Å². The van der Waals surface area contributed by atoms with Gasteiger partial charge in [-0.2, -0.15) is 0 Å². The number of piperazine rings is 1. The standard InChI is InChI=1S/C21H25FN4O/c22-17-4-6-18(7-5-17)24-12-14-25(15-13-24)19-8-9-20(23-16-19)21(27)26-10-2-1-3-11-26/h4-9,16H,1-3,10-15H2. The summed E-state index contributed by atoms with van der Waals surface area (Å²) in [5.41, 5.74) is 2.63. The molecule has 0 radical (unpaired) electrons. The minimum atomic E-state index is -0.206. The van der Waals surface area contributed by atoms with Crippen molar-refractivity contribution in [2.24, 2.45) is 0 Å². The highest BCUT2D eigenvalue weighted by atomic mass is 19.1. The van der Waals surface area contributed by atoms with E-state index in [0.29, 0.717) is 5.69 Å². The molecule has 3 heterocycles. The molecule has 0 saturated carbocycles. The Kier molecular flexibility index (Phi) is 5.23. The highest BCUT2D eigenvalue weighted by Crippen LogP contribution is 2.21. The molecule has 0 bridgehead atoms. The number of amides is 1. The van der Waals surface area contributed by atoms with Gasteiger partial charge in [-0.1, -0.05) is 0 Å². The number of pyridine rings is 1. The molecule has 0 unspecified atom stereocenters. The highest BCUT2D eigenvalue weighted by Gasteiger charge is 2.21. The van der Waals surface area contributed by atoms with Crippen LogP contribution in [0.25, 0.3) is 0 Å². The first-order valence-electron chi connectivity index (χ1n) is 9.71. The normalized spacial score (nSPS) is 17.9. The van der Waals surface area contributed by atoms with Crippen molar-refractivity contribution < 1.29 is 9.18 Å². The van der Waals surface area contributed by atoms with Crippen molar-refractivity contribution in [3.8, 4) is 0 Å². The van der Waals surface area contributed by atoms with Gasteiger partial charge in [0.25, 0.3) is 5.91 Å². The second-order valence-corrected chi connectivity index (χ2v) is 7.21. The van der Waals surface area contributed by atoms with Crippen molar-refractivity contribution in [2.75, 3.05) is 49.1 Å². The van der Waals surface area contributed by atoms with E-state index in [2.05, 4.69) is 14.8 Å². The number of carbonyl (C=O) groups is 1. The third kappa shape index (κ3) is 4.04. The largest absolute Gasteiger partial charge is 0.368 e. The predicted molar refractivity (Wildman–Crippen MR) is 105 cm³/mol. The molecule has 1 amide bonds. The SMILES string of the molecule is O=C(c1ccc(N2CCN(c3ccc(F)cc3)CC2)cn1)N1CCCCC1. The quantitative estimate of drug-likeness (QED) is 0.834. The van der Waals surface area contributed by atoms with Crippen LogP contribution < -0.4 is 9.80 Å². The zero-order chi connectivity index (χ0) is 18.6. The molecule has 27 heavy (non-hydrogen) atoms. The monoisotopic (exact) mass is 368 g/mol. The van der Waals surface area contributed by atoms with Crippen LogP contribution in [0.5, 0.6) is 0 Å². The van der Waals surface area contributed by atoms with Crippen molar-refractivity contribution >= 4 is 17.3 Å². The molecule has 4 rings (SSSR count). The Bertz CT molecular complexity index is 764. The van der Waals surface area contributed by atoms with Gasteiger partial charge >= 0.3 is 0 Å². The molecule has 2 aliphatic rings. The van der Waals surface area contributed by atoms with Crippen LogP contribution in [-0.2, 0) is 0 Å². The zero-order valence-corrected chi connectivity index (χ0v) is 15.5. The van der Waals surface area contributed by atoms with Gasteiger partial charge in [-0.3, -0.25) is 4.79 Å². The average molecular weight is 368 g/mol. The summed E-state index contributed by atoms with van der Waals surface area (Å²) < 4.78 is 13.1. The van der Waals surface area contributed by atoms with Gasteiger partial charge in [0.15, 0.2) is 0 Å². The van der Waals surface area contributed by atoms with Crippen molar-refractivity contribution in [3.05, 3.63) is 54.1 Å². The van der Waals surface area contributed by atoms with Crippen LogP contribution in [0, 0.1) is 5.82 Å². The molecule has 2 aliphatic heterocycles. The molecule has 1 aromatic carbocycles. The number of carbonyl (C=O) groups excluding carboxylic acids is 1. The smallest absolute Gasteiger partial charge is 0.272 e. The van der Waals surface area contributed by atoms with Gasteiger partial charge in [-0.15, -0.1) is 0 Å². The lowest BCUT2D eigenvalue weighted by atomic mass is 10.1. The first-order chi connectivity index (χ1) is 13.2. The number of likely N-dealkylation sites (tertiary alicyclic amines) is 1. The molecule has 2 fully saturated rings. The van der Waals surface area contributed by atoms with Gasteiger partial charge in [0.2, 0.25) is 0 Å². The fourth-order valence-corrected chi connectivity index (χ4v) is 3.83. The lowest BCUT2D eigenvalue weighted by molar-refractivity contribution is 0.0718. The number of benzene rings is 1. The molecular formula is C21H25FN4O. The summed E-state index contributed by atoms with van der Waals surface area (Å²) in [6.07, 6.45) is 5.19. The lowest BCUT2D eigenvalue weighted by Crippen LogP contribution is -2.46. The number of anilines is 2. The van der Waals surface area contributed by atoms with Crippen LogP contribution in [0.4, 0.5) is 15.8 Å². The van der Waals surface area contributed by atoms with Crippen LogP contribution in [0.15, 0.2) is 42.6 Å². The van der Waals surface area contributed by atoms with Crippen molar-refractivity contribution in [1.29, 1.82) is 0 Å². The van der Waals surface area contributed by atoms with E-state index in [-0.39, 0.29) is 11.7 Å². The molecule has 0 N–H and O–H groups in total. The Balaban J connectivity index is 1.36. The van der Waals surface area contributed by atoms with Crippen molar-refractivity contribution in [3.63, 3.8) is 0 Å². The number of hydrogen-bond acceptors (Lipinski definition) is 4. The zero-order valence-electron chi connectivity index (χ0n) is 15.5. The van der Waals surface area contributed by atoms with Crippen LogP contribution >= 0.6 is 0 Å². The fourth-order valence-electron chi connectivity index (χ4n) is 3.83. The van der Waals surface area contributed by atoms with Crippen LogP contribution in [0.3, 0.4) is 0 Å². The molecule has 142 valence electrons. The summed E-state index contributed by atoms with van der Waals surface area (Å²) in [4.78, 5) is 23.4. The number of halogens is 1. The summed E-state index contributed by atoms with van der Waals surface area (Å²) >= 11 is 0. The predicted octanol–water partition coefficient (Wildman–Crippen LogP) is 3.17. The molecule has 2 saturated heterocycles. The van der Waals surface area contributed by atoms with Gasteiger partial charge in [0, 0.05) is 45.0 Å². The Morgan fingerprint density at radius 3 is 1.96 bits per heavy atom. The third-order valence-electron chi connectivity index (χ3n) is 5.45. The summed E-state index contributed by atoms with van der Waals surface area (Å²) in [7, 11) is 0. The maximum Gasteiger partial charge on any atom is 0.272 e. The molecule has 0 atom stereocenters. The van der Waals surface area contributed by atoms with Gasteiger partial charge in [0.1, 0.15) is 11.5 Å². The summed E-state index contributed by atoms with van der Waals surface area (Å²) in [6.45, 7) is 5.18. The van der Waals surface area contributed by atoms with Crippen molar-refractivity contribution in [2.45, 2.75) is 19.3 Å². The fraction of sp³-hybridized carbons (Fsp3) is 0.429. The number of rotatable bonds is 3. The highest BCUT2D eigenvalue weighted by molar-refractivity contribution is 5.92. The Morgan fingerprint density at radius 1 is 0.778 bits per heavy atom.